The van der Waals surface area contributed by atoms with Gasteiger partial charge in [-0.15, -0.1) is 0 Å². The minimum absolute atomic E-state index is 0.0780. The largest absolute Gasteiger partial charge is 0.381 e. The molecule has 0 atom stereocenters. The molecular weight excluding hydrogens is 350 g/mol. The third-order valence-corrected chi connectivity index (χ3v) is 6.25. The number of rotatable bonds is 10. The van der Waals surface area contributed by atoms with Crippen molar-refractivity contribution in [2.75, 3.05) is 26.1 Å². The van der Waals surface area contributed by atoms with Gasteiger partial charge in [0.25, 0.3) is 0 Å². The summed E-state index contributed by atoms with van der Waals surface area (Å²) >= 11 is 1.45. The van der Waals surface area contributed by atoms with E-state index >= 15 is 0 Å². The summed E-state index contributed by atoms with van der Waals surface area (Å²) in [5.41, 5.74) is 0. The number of ether oxygens (including phenoxy) is 1. The fourth-order valence-electron chi connectivity index (χ4n) is 4.09. The second-order valence-electron chi connectivity index (χ2n) is 7.89. The van der Waals surface area contributed by atoms with Crippen LogP contribution >= 0.6 is 12.0 Å². The molecule has 0 aromatic rings. The lowest BCUT2D eigenvalue weighted by Crippen LogP contribution is -2.38. The molecule has 0 heterocycles. The Morgan fingerprint density at radius 3 is 2.15 bits per heavy atom. The van der Waals surface area contributed by atoms with E-state index in [1.807, 2.05) is 6.26 Å². The van der Waals surface area contributed by atoms with Crippen molar-refractivity contribution in [1.29, 1.82) is 0 Å². The summed E-state index contributed by atoms with van der Waals surface area (Å²) in [5.74, 6) is 1.89. The fraction of sp³-hybridized carbons (Fsp3) is 0.900. The molecule has 2 aliphatic carbocycles. The van der Waals surface area contributed by atoms with Crippen molar-refractivity contribution >= 4 is 23.7 Å². The van der Waals surface area contributed by atoms with Crippen LogP contribution in [0.2, 0.25) is 0 Å². The van der Waals surface area contributed by atoms with E-state index in [1.165, 1.54) is 37.7 Å². The molecule has 2 fully saturated rings. The van der Waals surface area contributed by atoms with Crippen molar-refractivity contribution in [2.45, 2.75) is 70.8 Å². The molecule has 1 N–H and O–H groups in total. The Morgan fingerprint density at radius 2 is 1.58 bits per heavy atom. The Balaban J connectivity index is 1.48. The van der Waals surface area contributed by atoms with Crippen molar-refractivity contribution in [3.05, 3.63) is 0 Å². The van der Waals surface area contributed by atoms with Crippen LogP contribution in [0.25, 0.3) is 0 Å². The first-order valence-corrected chi connectivity index (χ1v) is 11.3. The average Bonchev–Trinajstić information content (AvgIpc) is 2.65. The van der Waals surface area contributed by atoms with Crippen molar-refractivity contribution in [3.63, 3.8) is 0 Å². The molecule has 0 aliphatic heterocycles. The molecule has 26 heavy (non-hydrogen) atoms. The molecule has 2 saturated carbocycles. The number of carbonyl (C=O) groups is 2. The zero-order valence-electron chi connectivity index (χ0n) is 16.3. The normalized spacial score (nSPS) is 29.3. The first-order chi connectivity index (χ1) is 12.6. The van der Waals surface area contributed by atoms with Crippen molar-refractivity contribution in [1.82, 2.24) is 5.32 Å². The molecule has 6 heteroatoms. The smallest absolute Gasteiger partial charge is 0.222 e. The number of hydrogen-bond acceptors (Lipinski definition) is 5. The molecule has 0 saturated heterocycles. The molecule has 0 aromatic heterocycles. The summed E-state index contributed by atoms with van der Waals surface area (Å²) in [6.45, 7) is 3.81. The Labute approximate surface area is 162 Å². The van der Waals surface area contributed by atoms with Gasteiger partial charge in [0, 0.05) is 31.2 Å². The maximum atomic E-state index is 12.0. The predicted octanol–water partition coefficient (Wildman–Crippen LogP) is 3.76. The molecule has 0 unspecified atom stereocenters. The van der Waals surface area contributed by atoms with Gasteiger partial charge in [-0.2, -0.15) is 0 Å². The van der Waals surface area contributed by atoms with Crippen LogP contribution in [0, 0.1) is 17.8 Å². The quantitative estimate of drug-likeness (QED) is 0.458. The van der Waals surface area contributed by atoms with Crippen LogP contribution in [0.5, 0.6) is 0 Å². The number of hydrogen-bond donors (Lipinski definition) is 1. The van der Waals surface area contributed by atoms with Crippen LogP contribution in [-0.4, -0.2) is 43.8 Å². The van der Waals surface area contributed by atoms with Crippen molar-refractivity contribution in [3.8, 4) is 0 Å². The third-order valence-electron chi connectivity index (χ3n) is 5.88. The van der Waals surface area contributed by atoms with Crippen LogP contribution in [0.4, 0.5) is 0 Å². The number of nitrogens with one attached hydrogen (secondary N) is 1. The van der Waals surface area contributed by atoms with Gasteiger partial charge in [-0.1, -0.05) is 0 Å². The highest BCUT2D eigenvalue weighted by atomic mass is 32.2. The topological polar surface area (TPSA) is 64.6 Å². The molecule has 2 aliphatic rings. The minimum Gasteiger partial charge on any atom is -0.381 e. The van der Waals surface area contributed by atoms with E-state index in [9.17, 15) is 9.59 Å². The molecule has 0 aromatic carbocycles. The number of carbonyl (C=O) groups excluding carboxylic acids is 2. The van der Waals surface area contributed by atoms with Crippen LogP contribution in [-0.2, 0) is 18.5 Å². The Hall–Kier alpha value is -0.590. The van der Waals surface area contributed by atoms with E-state index in [0.29, 0.717) is 24.9 Å². The second-order valence-corrected chi connectivity index (χ2v) is 8.46. The van der Waals surface area contributed by atoms with E-state index in [-0.39, 0.29) is 23.7 Å². The Kier molecular flexibility index (Phi) is 10.0. The molecule has 5 nitrogen and oxygen atoms in total. The highest BCUT2D eigenvalue weighted by Gasteiger charge is 2.25. The second kappa shape index (κ2) is 12.0. The van der Waals surface area contributed by atoms with Gasteiger partial charge in [-0.25, -0.2) is 0 Å². The van der Waals surface area contributed by atoms with Crippen LogP contribution in [0.15, 0.2) is 0 Å². The van der Waals surface area contributed by atoms with E-state index in [2.05, 4.69) is 5.32 Å². The number of Topliss-reactive ketones (excluding diaryl/α,β-unsaturated/α-hetero) is 1. The SMILES string of the molecule is CSOC[C@H]1CC[C@@H](COCCC(=O)N[C@H]2CC[C@H](C(C)=O)CC2)CC1. The first kappa shape index (κ1) is 21.7. The molecule has 0 radical (unpaired) electrons. The van der Waals surface area contributed by atoms with E-state index in [0.717, 1.165) is 38.9 Å². The molecule has 0 spiro atoms. The zero-order valence-corrected chi connectivity index (χ0v) is 17.2. The van der Waals surface area contributed by atoms with Gasteiger partial charge < -0.3 is 14.2 Å². The monoisotopic (exact) mass is 385 g/mol. The molecule has 150 valence electrons. The summed E-state index contributed by atoms with van der Waals surface area (Å²) in [7, 11) is 0. The van der Waals surface area contributed by atoms with Crippen molar-refractivity contribution in [2.24, 2.45) is 17.8 Å². The summed E-state index contributed by atoms with van der Waals surface area (Å²) in [6.07, 6.45) is 10.9. The van der Waals surface area contributed by atoms with Gasteiger partial charge in [-0.05, 0) is 82.2 Å². The standard InChI is InChI=1S/C20H35NO4S/c1-15(22)18-7-9-19(10-8-18)21-20(23)11-12-24-13-16-3-5-17(6-4-16)14-25-26-2/h16-19H,3-14H2,1-2H3,(H,21,23)/t16-,17+,18-,19-. The molecule has 0 bridgehead atoms. The first-order valence-electron chi connectivity index (χ1n) is 10.1. The maximum absolute atomic E-state index is 12.0. The van der Waals surface area contributed by atoms with Crippen LogP contribution in [0.1, 0.15) is 64.7 Å². The number of amides is 1. The summed E-state index contributed by atoms with van der Waals surface area (Å²) in [4.78, 5) is 23.4. The highest BCUT2D eigenvalue weighted by Crippen LogP contribution is 2.29. The van der Waals surface area contributed by atoms with Gasteiger partial charge in [0.15, 0.2) is 0 Å². The molecule has 2 rings (SSSR count). The van der Waals surface area contributed by atoms with Gasteiger partial charge in [0.1, 0.15) is 5.78 Å². The summed E-state index contributed by atoms with van der Waals surface area (Å²) in [6, 6.07) is 0.233. The lowest BCUT2D eigenvalue weighted by Gasteiger charge is -2.28. The van der Waals surface area contributed by atoms with E-state index in [4.69, 9.17) is 8.92 Å². The lowest BCUT2D eigenvalue weighted by atomic mass is 9.83. The zero-order chi connectivity index (χ0) is 18.8. The van der Waals surface area contributed by atoms with Gasteiger partial charge in [0.2, 0.25) is 5.91 Å². The predicted molar refractivity (Wildman–Crippen MR) is 105 cm³/mol. The van der Waals surface area contributed by atoms with Gasteiger partial charge in [0.05, 0.1) is 13.2 Å². The van der Waals surface area contributed by atoms with Crippen LogP contribution < -0.4 is 5.32 Å². The molecular formula is C20H35NO4S. The average molecular weight is 386 g/mol. The fourth-order valence-corrected chi connectivity index (χ4v) is 4.42. The Bertz CT molecular complexity index is 430. The third kappa shape index (κ3) is 7.97. The van der Waals surface area contributed by atoms with Gasteiger partial charge >= 0.3 is 0 Å². The lowest BCUT2D eigenvalue weighted by molar-refractivity contribution is -0.123. The van der Waals surface area contributed by atoms with E-state index in [1.54, 1.807) is 6.92 Å². The summed E-state index contributed by atoms with van der Waals surface area (Å²) < 4.78 is 11.2. The highest BCUT2D eigenvalue weighted by molar-refractivity contribution is 7.93. The number of ketones is 1. The van der Waals surface area contributed by atoms with Crippen LogP contribution in [0.3, 0.4) is 0 Å². The van der Waals surface area contributed by atoms with Crippen molar-refractivity contribution < 1.29 is 18.5 Å². The van der Waals surface area contributed by atoms with E-state index < -0.39 is 0 Å². The summed E-state index contributed by atoms with van der Waals surface area (Å²) in [5, 5.41) is 3.10. The maximum Gasteiger partial charge on any atom is 0.222 e. The Morgan fingerprint density at radius 1 is 0.962 bits per heavy atom. The molecule has 1 amide bonds. The minimum atomic E-state index is 0.0780. The van der Waals surface area contributed by atoms with Gasteiger partial charge in [-0.3, -0.25) is 9.59 Å².